The summed E-state index contributed by atoms with van der Waals surface area (Å²) in [6, 6.07) is 3.46. The molecule has 23 heavy (non-hydrogen) atoms. The van der Waals surface area contributed by atoms with Crippen LogP contribution >= 0.6 is 0 Å². The molecule has 1 aromatic carbocycles. The maximum absolute atomic E-state index is 12.9. The Labute approximate surface area is 137 Å². The lowest BCUT2D eigenvalue weighted by Crippen LogP contribution is -2.40. The molecule has 1 atom stereocenters. The number of piperidine rings is 1. The number of likely N-dealkylation sites (tertiary alicyclic amines) is 1. The Morgan fingerprint density at radius 3 is 2.57 bits per heavy atom. The minimum atomic E-state index is -0.0375. The fourth-order valence-corrected chi connectivity index (χ4v) is 3.16. The van der Waals surface area contributed by atoms with Gasteiger partial charge >= 0.3 is 0 Å². The second kappa shape index (κ2) is 8.06. The van der Waals surface area contributed by atoms with Gasteiger partial charge in [0.1, 0.15) is 0 Å². The number of rotatable bonds is 6. The highest BCUT2D eigenvalue weighted by atomic mass is 16.5. The Morgan fingerprint density at radius 1 is 1.22 bits per heavy atom. The minimum absolute atomic E-state index is 0.0375. The lowest BCUT2D eigenvalue weighted by molar-refractivity contribution is 0.0665. The van der Waals surface area contributed by atoms with Crippen LogP contribution in [-0.2, 0) is 0 Å². The number of carbonyl (C=O) groups is 1. The van der Waals surface area contributed by atoms with Crippen molar-refractivity contribution in [3.63, 3.8) is 0 Å². The lowest BCUT2D eigenvalue weighted by Gasteiger charge is -2.33. The quantitative estimate of drug-likeness (QED) is 0.866. The van der Waals surface area contributed by atoms with E-state index in [4.69, 9.17) is 19.9 Å². The number of ether oxygens (including phenoxy) is 3. The lowest BCUT2D eigenvalue weighted by atomic mass is 9.94. The first kappa shape index (κ1) is 17.4. The Balaban J connectivity index is 2.28. The summed E-state index contributed by atoms with van der Waals surface area (Å²) in [5.41, 5.74) is 6.15. The second-order valence-corrected chi connectivity index (χ2v) is 5.72. The zero-order chi connectivity index (χ0) is 16.8. The number of hydrogen-bond donors (Lipinski definition) is 1. The van der Waals surface area contributed by atoms with E-state index in [2.05, 4.69) is 0 Å². The molecular formula is C17H26N2O4. The third-order valence-corrected chi connectivity index (χ3v) is 4.32. The molecular weight excluding hydrogens is 296 g/mol. The maximum Gasteiger partial charge on any atom is 0.257 e. The van der Waals surface area contributed by atoms with Gasteiger partial charge in [-0.25, -0.2) is 0 Å². The molecule has 2 rings (SSSR count). The van der Waals surface area contributed by atoms with Crippen molar-refractivity contribution < 1.29 is 19.0 Å². The van der Waals surface area contributed by atoms with Crippen LogP contribution < -0.4 is 19.9 Å². The van der Waals surface area contributed by atoms with Crippen LogP contribution in [0.3, 0.4) is 0 Å². The van der Waals surface area contributed by atoms with Crippen LogP contribution in [0.25, 0.3) is 0 Å². The van der Waals surface area contributed by atoms with E-state index in [1.807, 2.05) is 4.90 Å². The molecule has 0 bridgehead atoms. The number of carbonyl (C=O) groups excluding carboxylic acids is 1. The van der Waals surface area contributed by atoms with Crippen LogP contribution in [0.4, 0.5) is 0 Å². The van der Waals surface area contributed by atoms with Gasteiger partial charge in [0.2, 0.25) is 5.75 Å². The molecule has 6 heteroatoms. The maximum atomic E-state index is 12.9. The van der Waals surface area contributed by atoms with E-state index in [1.54, 1.807) is 19.2 Å². The highest BCUT2D eigenvalue weighted by molar-refractivity contribution is 5.98. The number of nitrogens with two attached hydrogens (primary N) is 1. The molecule has 1 fully saturated rings. The molecule has 1 aliphatic heterocycles. The minimum Gasteiger partial charge on any atom is -0.493 e. The van der Waals surface area contributed by atoms with Crippen molar-refractivity contribution in [1.29, 1.82) is 0 Å². The molecule has 128 valence electrons. The molecule has 1 amide bonds. The Hall–Kier alpha value is -1.95. The Bertz CT molecular complexity index is 546. The van der Waals surface area contributed by atoms with Gasteiger partial charge in [0, 0.05) is 13.1 Å². The van der Waals surface area contributed by atoms with Crippen LogP contribution in [0.2, 0.25) is 0 Å². The third kappa shape index (κ3) is 3.69. The van der Waals surface area contributed by atoms with Crippen molar-refractivity contribution in [1.82, 2.24) is 4.90 Å². The Morgan fingerprint density at radius 2 is 1.96 bits per heavy atom. The monoisotopic (exact) mass is 322 g/mol. The van der Waals surface area contributed by atoms with Gasteiger partial charge in [-0.1, -0.05) is 0 Å². The van der Waals surface area contributed by atoms with E-state index in [0.29, 0.717) is 35.3 Å². The molecule has 0 spiro atoms. The predicted octanol–water partition coefficient (Wildman–Crippen LogP) is 1.91. The molecule has 1 heterocycles. The van der Waals surface area contributed by atoms with Crippen molar-refractivity contribution in [3.05, 3.63) is 17.7 Å². The molecule has 1 saturated heterocycles. The van der Waals surface area contributed by atoms with Crippen LogP contribution in [0, 0.1) is 5.92 Å². The zero-order valence-corrected chi connectivity index (χ0v) is 14.1. The van der Waals surface area contributed by atoms with E-state index in [9.17, 15) is 4.79 Å². The summed E-state index contributed by atoms with van der Waals surface area (Å²) in [6.07, 6.45) is 3.09. The van der Waals surface area contributed by atoms with Crippen LogP contribution in [0.5, 0.6) is 17.2 Å². The third-order valence-electron chi connectivity index (χ3n) is 4.32. The van der Waals surface area contributed by atoms with Gasteiger partial charge in [0.05, 0.1) is 26.9 Å². The van der Waals surface area contributed by atoms with Gasteiger partial charge < -0.3 is 24.8 Å². The van der Waals surface area contributed by atoms with Crippen molar-refractivity contribution in [2.75, 3.05) is 41.0 Å². The van der Waals surface area contributed by atoms with E-state index in [-0.39, 0.29) is 5.91 Å². The molecule has 2 N–H and O–H groups in total. The standard InChI is InChI=1S/C17H26N2O4/c1-21-14-7-6-13(15(22-2)16(14)23-3)17(20)19-10-4-5-12(11-19)8-9-18/h6-7,12H,4-5,8-11,18H2,1-3H3. The number of benzene rings is 1. The predicted molar refractivity (Wildman–Crippen MR) is 88.4 cm³/mol. The first-order valence-corrected chi connectivity index (χ1v) is 7.94. The summed E-state index contributed by atoms with van der Waals surface area (Å²) in [5, 5.41) is 0. The van der Waals surface area contributed by atoms with Crippen LogP contribution in [0.1, 0.15) is 29.6 Å². The average Bonchev–Trinajstić information content (AvgIpc) is 2.60. The normalized spacial score (nSPS) is 17.7. The van der Waals surface area contributed by atoms with Gasteiger partial charge in [0.15, 0.2) is 11.5 Å². The fourth-order valence-electron chi connectivity index (χ4n) is 3.16. The van der Waals surface area contributed by atoms with Gasteiger partial charge in [-0.3, -0.25) is 4.79 Å². The van der Waals surface area contributed by atoms with E-state index in [0.717, 1.165) is 32.4 Å². The highest BCUT2D eigenvalue weighted by Gasteiger charge is 2.28. The summed E-state index contributed by atoms with van der Waals surface area (Å²) in [5.74, 6) is 1.84. The van der Waals surface area contributed by atoms with Gasteiger partial charge in [-0.2, -0.15) is 0 Å². The van der Waals surface area contributed by atoms with E-state index in [1.165, 1.54) is 14.2 Å². The summed E-state index contributed by atoms with van der Waals surface area (Å²) >= 11 is 0. The van der Waals surface area contributed by atoms with Gasteiger partial charge in [-0.05, 0) is 43.9 Å². The summed E-state index contributed by atoms with van der Waals surface area (Å²) in [7, 11) is 4.62. The molecule has 0 aliphatic carbocycles. The first-order chi connectivity index (χ1) is 11.2. The van der Waals surface area contributed by atoms with Crippen LogP contribution in [-0.4, -0.2) is 51.8 Å². The molecule has 0 aromatic heterocycles. The van der Waals surface area contributed by atoms with Gasteiger partial charge in [0.25, 0.3) is 5.91 Å². The fraction of sp³-hybridized carbons (Fsp3) is 0.588. The summed E-state index contributed by atoms with van der Waals surface area (Å²) in [4.78, 5) is 14.8. The molecule has 1 unspecified atom stereocenters. The number of nitrogens with zero attached hydrogens (tertiary/aromatic N) is 1. The number of methoxy groups -OCH3 is 3. The average molecular weight is 322 g/mol. The van der Waals surface area contributed by atoms with Crippen molar-refractivity contribution in [3.8, 4) is 17.2 Å². The van der Waals surface area contributed by atoms with E-state index >= 15 is 0 Å². The number of amides is 1. The topological polar surface area (TPSA) is 74.0 Å². The van der Waals surface area contributed by atoms with E-state index < -0.39 is 0 Å². The molecule has 0 saturated carbocycles. The van der Waals surface area contributed by atoms with Crippen molar-refractivity contribution in [2.24, 2.45) is 11.7 Å². The summed E-state index contributed by atoms with van der Waals surface area (Å²) in [6.45, 7) is 2.16. The molecule has 1 aromatic rings. The first-order valence-electron chi connectivity index (χ1n) is 7.94. The zero-order valence-electron chi connectivity index (χ0n) is 14.1. The molecule has 6 nitrogen and oxygen atoms in total. The van der Waals surface area contributed by atoms with Crippen molar-refractivity contribution in [2.45, 2.75) is 19.3 Å². The van der Waals surface area contributed by atoms with Crippen LogP contribution in [0.15, 0.2) is 12.1 Å². The molecule has 1 aliphatic rings. The summed E-state index contributed by atoms with van der Waals surface area (Å²) < 4.78 is 16.0. The highest BCUT2D eigenvalue weighted by Crippen LogP contribution is 2.40. The number of hydrogen-bond acceptors (Lipinski definition) is 5. The SMILES string of the molecule is COc1ccc(C(=O)N2CCCC(CCN)C2)c(OC)c1OC. The smallest absolute Gasteiger partial charge is 0.257 e. The second-order valence-electron chi connectivity index (χ2n) is 5.72. The van der Waals surface area contributed by atoms with Crippen molar-refractivity contribution >= 4 is 5.91 Å². The molecule has 0 radical (unpaired) electrons. The largest absolute Gasteiger partial charge is 0.493 e. The van der Waals surface area contributed by atoms with Gasteiger partial charge in [-0.15, -0.1) is 0 Å². The Kier molecular flexibility index (Phi) is 6.10.